The van der Waals surface area contributed by atoms with E-state index in [2.05, 4.69) is 74.7 Å². The fraction of sp³-hybridized carbons (Fsp3) is 0.833. The first kappa shape index (κ1) is 63.8. The summed E-state index contributed by atoms with van der Waals surface area (Å²) in [5, 5.41) is 23.9. The summed E-state index contributed by atoms with van der Waals surface area (Å²) >= 11 is 0. The van der Waals surface area contributed by atoms with E-state index in [1.54, 1.807) is 0 Å². The number of ether oxygens (including phenoxy) is 1. The van der Waals surface area contributed by atoms with Gasteiger partial charge < -0.3 is 20.3 Å². The molecule has 0 rings (SSSR count). The average molecular weight is 927 g/mol. The summed E-state index contributed by atoms with van der Waals surface area (Å²) in [6, 6.07) is -0.711. The number of aliphatic hydroxyl groups excluding tert-OH is 2. The molecule has 0 radical (unpaired) electrons. The molecule has 0 saturated heterocycles. The Morgan fingerprint density at radius 2 is 0.818 bits per heavy atom. The summed E-state index contributed by atoms with van der Waals surface area (Å²) in [6.45, 7) is 6.39. The number of hydrogen-bond donors (Lipinski definition) is 3. The van der Waals surface area contributed by atoms with Crippen LogP contribution >= 0.6 is 0 Å². The van der Waals surface area contributed by atoms with Gasteiger partial charge in [0.25, 0.3) is 0 Å². The van der Waals surface area contributed by atoms with Crippen molar-refractivity contribution in [2.24, 2.45) is 0 Å². The molecular weight excluding hydrogens is 815 g/mol. The van der Waals surface area contributed by atoms with Crippen molar-refractivity contribution in [1.29, 1.82) is 0 Å². The van der Waals surface area contributed by atoms with Crippen molar-refractivity contribution in [3.8, 4) is 0 Å². The molecular formula is C60H111NO5. The minimum Gasteiger partial charge on any atom is -0.462 e. The first-order valence-corrected chi connectivity index (χ1v) is 28.9. The second kappa shape index (κ2) is 53.8. The van der Waals surface area contributed by atoms with Crippen molar-refractivity contribution in [2.45, 2.75) is 315 Å². The van der Waals surface area contributed by atoms with E-state index in [1.807, 2.05) is 0 Å². The molecule has 0 aliphatic heterocycles. The summed E-state index contributed by atoms with van der Waals surface area (Å²) in [5.74, 6) is -0.495. The van der Waals surface area contributed by atoms with Crippen molar-refractivity contribution in [2.75, 3.05) is 6.61 Å². The standard InChI is InChI=1S/C60H111NO5/c1-4-7-10-13-16-19-22-25-28-29-30-32-35-38-41-44-47-50-53-60(65)66-56(51-48-45-42-39-36-33-27-24-21-18-15-12-9-6-3)54-59(64)61-57(55-62)58(63)52-49-46-43-40-37-34-31-26-23-20-17-14-11-8-5-2/h9,12,18,21,27,30,32-33,56-58,62-63H,4-8,10-11,13-17,19-20,22-26,28-29,31,34-55H2,1-3H3,(H,61,64)/b12-9+,21-18+,32-30+,33-27+. The molecule has 0 aromatic carbocycles. The summed E-state index contributed by atoms with van der Waals surface area (Å²) in [5.41, 5.74) is 0. The zero-order valence-electron chi connectivity index (χ0n) is 44.1. The quantitative estimate of drug-likeness (QED) is 0.0321. The molecule has 0 fully saturated rings. The lowest BCUT2D eigenvalue weighted by Crippen LogP contribution is -2.46. The first-order valence-electron chi connectivity index (χ1n) is 28.9. The highest BCUT2D eigenvalue weighted by Crippen LogP contribution is 2.18. The molecule has 6 nitrogen and oxygen atoms in total. The van der Waals surface area contributed by atoms with Crippen LogP contribution in [0.25, 0.3) is 0 Å². The van der Waals surface area contributed by atoms with Crippen LogP contribution in [0.1, 0.15) is 297 Å². The van der Waals surface area contributed by atoms with Crippen molar-refractivity contribution < 1.29 is 24.5 Å². The second-order valence-corrected chi connectivity index (χ2v) is 19.7. The molecule has 386 valence electrons. The number of esters is 1. The smallest absolute Gasteiger partial charge is 0.306 e. The Hall–Kier alpha value is -2.18. The Labute approximate surface area is 410 Å². The molecule has 66 heavy (non-hydrogen) atoms. The van der Waals surface area contributed by atoms with Crippen LogP contribution in [0.2, 0.25) is 0 Å². The van der Waals surface area contributed by atoms with E-state index in [1.165, 1.54) is 154 Å². The van der Waals surface area contributed by atoms with Crippen LogP contribution in [0.4, 0.5) is 0 Å². The zero-order chi connectivity index (χ0) is 48.1. The third-order valence-corrected chi connectivity index (χ3v) is 13.1. The predicted octanol–water partition coefficient (Wildman–Crippen LogP) is 17.8. The van der Waals surface area contributed by atoms with E-state index in [-0.39, 0.29) is 24.9 Å². The molecule has 0 aromatic rings. The largest absolute Gasteiger partial charge is 0.462 e. The van der Waals surface area contributed by atoms with Gasteiger partial charge in [0.15, 0.2) is 0 Å². The third-order valence-electron chi connectivity index (χ3n) is 13.1. The normalized spacial score (nSPS) is 13.5. The lowest BCUT2D eigenvalue weighted by atomic mass is 10.0. The monoisotopic (exact) mass is 926 g/mol. The van der Waals surface area contributed by atoms with Gasteiger partial charge in [-0.15, -0.1) is 0 Å². The minimum absolute atomic E-state index is 0.0606. The number of allylic oxidation sites excluding steroid dienone is 8. The fourth-order valence-electron chi connectivity index (χ4n) is 8.79. The van der Waals surface area contributed by atoms with E-state index in [9.17, 15) is 19.8 Å². The van der Waals surface area contributed by atoms with Gasteiger partial charge in [-0.25, -0.2) is 0 Å². The Morgan fingerprint density at radius 1 is 0.455 bits per heavy atom. The van der Waals surface area contributed by atoms with Crippen LogP contribution < -0.4 is 5.32 Å². The number of unbranched alkanes of at least 4 members (excludes halogenated alkanes) is 32. The van der Waals surface area contributed by atoms with Crippen molar-refractivity contribution in [3.63, 3.8) is 0 Å². The van der Waals surface area contributed by atoms with Gasteiger partial charge in [-0.1, -0.05) is 249 Å². The lowest BCUT2D eigenvalue weighted by Gasteiger charge is -2.24. The van der Waals surface area contributed by atoms with E-state index in [4.69, 9.17) is 4.74 Å². The Bertz CT molecular complexity index is 1130. The summed E-state index contributed by atoms with van der Waals surface area (Å²) < 4.78 is 5.95. The van der Waals surface area contributed by atoms with Crippen LogP contribution in [-0.2, 0) is 14.3 Å². The maximum Gasteiger partial charge on any atom is 0.306 e. The highest BCUT2D eigenvalue weighted by molar-refractivity contribution is 5.77. The highest BCUT2D eigenvalue weighted by atomic mass is 16.5. The van der Waals surface area contributed by atoms with E-state index < -0.39 is 18.2 Å². The molecule has 1 amide bonds. The van der Waals surface area contributed by atoms with Gasteiger partial charge in [0.05, 0.1) is 25.2 Å². The fourth-order valence-corrected chi connectivity index (χ4v) is 8.79. The van der Waals surface area contributed by atoms with Crippen molar-refractivity contribution in [1.82, 2.24) is 5.32 Å². The van der Waals surface area contributed by atoms with Gasteiger partial charge in [-0.2, -0.15) is 0 Å². The number of rotatable bonds is 52. The topological polar surface area (TPSA) is 95.9 Å². The maximum atomic E-state index is 13.3. The highest BCUT2D eigenvalue weighted by Gasteiger charge is 2.24. The van der Waals surface area contributed by atoms with Gasteiger partial charge in [-0.05, 0) is 83.5 Å². The molecule has 3 atom stereocenters. The summed E-state index contributed by atoms with van der Waals surface area (Å²) in [6.07, 6.45) is 66.1. The first-order chi connectivity index (χ1) is 32.5. The average Bonchev–Trinajstić information content (AvgIpc) is 3.31. The predicted molar refractivity (Wildman–Crippen MR) is 287 cm³/mol. The van der Waals surface area contributed by atoms with Gasteiger partial charge in [0.2, 0.25) is 5.91 Å². The molecule has 3 unspecified atom stereocenters. The van der Waals surface area contributed by atoms with Gasteiger partial charge in [-0.3, -0.25) is 9.59 Å². The molecule has 0 heterocycles. The Kier molecular flexibility index (Phi) is 52.0. The van der Waals surface area contributed by atoms with Gasteiger partial charge >= 0.3 is 5.97 Å². The van der Waals surface area contributed by atoms with Crippen LogP contribution in [0.15, 0.2) is 48.6 Å². The number of nitrogens with one attached hydrogen (secondary N) is 1. The second-order valence-electron chi connectivity index (χ2n) is 19.7. The third kappa shape index (κ3) is 48.3. The number of carbonyl (C=O) groups excluding carboxylic acids is 2. The molecule has 3 N–H and O–H groups in total. The number of aliphatic hydroxyl groups is 2. The molecule has 0 aromatic heterocycles. The number of hydrogen-bond acceptors (Lipinski definition) is 5. The van der Waals surface area contributed by atoms with E-state index >= 15 is 0 Å². The molecule has 0 aliphatic carbocycles. The molecule has 0 saturated carbocycles. The van der Waals surface area contributed by atoms with E-state index in [0.29, 0.717) is 19.3 Å². The maximum absolute atomic E-state index is 13.3. The van der Waals surface area contributed by atoms with Crippen LogP contribution in [-0.4, -0.2) is 46.9 Å². The van der Waals surface area contributed by atoms with Gasteiger partial charge in [0.1, 0.15) is 6.10 Å². The minimum atomic E-state index is -0.796. The number of carbonyl (C=O) groups is 2. The zero-order valence-corrected chi connectivity index (χ0v) is 44.1. The molecule has 6 heteroatoms. The van der Waals surface area contributed by atoms with Crippen LogP contribution in [0.5, 0.6) is 0 Å². The summed E-state index contributed by atoms with van der Waals surface area (Å²) in [4.78, 5) is 26.3. The SMILES string of the molecule is CC/C=C/C/C=C/C/C=C/CCCCCCC(CC(=O)NC(CO)C(O)CCCCCCCCCCCCCCCCC)OC(=O)CCCCCCC/C=C/CCCCCCCCCCC. The van der Waals surface area contributed by atoms with Crippen molar-refractivity contribution in [3.05, 3.63) is 48.6 Å². The van der Waals surface area contributed by atoms with Gasteiger partial charge in [0, 0.05) is 6.42 Å². The Balaban J connectivity index is 4.55. The molecule has 0 bridgehead atoms. The molecule has 0 spiro atoms. The number of amides is 1. The summed E-state index contributed by atoms with van der Waals surface area (Å²) in [7, 11) is 0. The van der Waals surface area contributed by atoms with Crippen LogP contribution in [0.3, 0.4) is 0 Å². The van der Waals surface area contributed by atoms with E-state index in [0.717, 1.165) is 96.3 Å². The molecule has 0 aliphatic rings. The van der Waals surface area contributed by atoms with Crippen molar-refractivity contribution >= 4 is 11.9 Å². The Morgan fingerprint density at radius 3 is 1.26 bits per heavy atom. The van der Waals surface area contributed by atoms with Crippen LogP contribution in [0, 0.1) is 0 Å². The lowest BCUT2D eigenvalue weighted by molar-refractivity contribution is -0.151.